The highest BCUT2D eigenvalue weighted by Crippen LogP contribution is 2.31. The number of hydrogen-bond donors (Lipinski definition) is 2. The predicted octanol–water partition coefficient (Wildman–Crippen LogP) is 4.02. The monoisotopic (exact) mass is 424 g/mol. The quantitative estimate of drug-likeness (QED) is 0.651. The maximum absolute atomic E-state index is 12.4. The van der Waals surface area contributed by atoms with E-state index in [-0.39, 0.29) is 17.3 Å². The van der Waals surface area contributed by atoms with Gasteiger partial charge in [-0.25, -0.2) is 9.79 Å². The standard InChI is InChI=1S/C22H20N2O5S/c1-3-17(13(2)25)29-18-7-5-4-6-15(18)12-19-20(26)24-22(30-19)23-16-10-8-14(9-11-16)21(27)28/h4-12,17H,3H2,1-2H3,(H,27,28)(H,23,24,26)/b19-12-. The van der Waals surface area contributed by atoms with Gasteiger partial charge in [-0.15, -0.1) is 0 Å². The smallest absolute Gasteiger partial charge is 0.335 e. The Kier molecular flexibility index (Phi) is 6.68. The molecule has 1 heterocycles. The van der Waals surface area contributed by atoms with Crippen LogP contribution >= 0.6 is 11.8 Å². The largest absolute Gasteiger partial charge is 0.482 e. The Balaban J connectivity index is 1.81. The maximum atomic E-state index is 12.4. The summed E-state index contributed by atoms with van der Waals surface area (Å²) in [6.45, 7) is 3.36. The normalized spacial score (nSPS) is 17.1. The second-order valence-corrected chi connectivity index (χ2v) is 7.53. The second kappa shape index (κ2) is 9.41. The summed E-state index contributed by atoms with van der Waals surface area (Å²) in [7, 11) is 0. The van der Waals surface area contributed by atoms with Crippen LogP contribution < -0.4 is 10.1 Å². The van der Waals surface area contributed by atoms with Crippen LogP contribution in [0.25, 0.3) is 6.08 Å². The molecule has 7 nitrogen and oxygen atoms in total. The fraction of sp³-hybridized carbons (Fsp3) is 0.182. The van der Waals surface area contributed by atoms with Gasteiger partial charge in [0.25, 0.3) is 5.91 Å². The van der Waals surface area contributed by atoms with Gasteiger partial charge in [-0.05, 0) is 61.5 Å². The third kappa shape index (κ3) is 5.15. The van der Waals surface area contributed by atoms with Gasteiger partial charge in [-0.1, -0.05) is 25.1 Å². The van der Waals surface area contributed by atoms with Crippen molar-refractivity contribution in [1.82, 2.24) is 5.32 Å². The van der Waals surface area contributed by atoms with Crippen molar-refractivity contribution >= 4 is 46.4 Å². The number of rotatable bonds is 7. The van der Waals surface area contributed by atoms with E-state index in [0.29, 0.717) is 33.5 Å². The Labute approximate surface area is 177 Å². The van der Waals surface area contributed by atoms with Gasteiger partial charge in [0.15, 0.2) is 17.1 Å². The van der Waals surface area contributed by atoms with E-state index in [9.17, 15) is 14.4 Å². The first kappa shape index (κ1) is 21.3. The maximum Gasteiger partial charge on any atom is 0.335 e. The van der Waals surface area contributed by atoms with Crippen LogP contribution in [0.15, 0.2) is 58.4 Å². The number of nitrogens with one attached hydrogen (secondary N) is 1. The predicted molar refractivity (Wildman–Crippen MR) is 116 cm³/mol. The number of thioether (sulfide) groups is 1. The van der Waals surface area contributed by atoms with Crippen LogP contribution in [0.1, 0.15) is 36.2 Å². The number of ether oxygens (including phenoxy) is 1. The lowest BCUT2D eigenvalue weighted by Crippen LogP contribution is -2.24. The van der Waals surface area contributed by atoms with Crippen LogP contribution in [0.3, 0.4) is 0 Å². The van der Waals surface area contributed by atoms with E-state index in [0.717, 1.165) is 0 Å². The topological polar surface area (TPSA) is 105 Å². The summed E-state index contributed by atoms with van der Waals surface area (Å²) in [5.74, 6) is -0.848. The van der Waals surface area contributed by atoms with Crippen molar-refractivity contribution in [2.24, 2.45) is 4.99 Å². The lowest BCUT2D eigenvalue weighted by molar-refractivity contribution is -0.123. The van der Waals surface area contributed by atoms with E-state index in [2.05, 4.69) is 10.3 Å². The van der Waals surface area contributed by atoms with Crippen molar-refractivity contribution in [3.05, 3.63) is 64.6 Å². The number of nitrogens with zero attached hydrogens (tertiary/aromatic N) is 1. The first-order valence-corrected chi connectivity index (χ1v) is 10.1. The summed E-state index contributed by atoms with van der Waals surface area (Å²) in [4.78, 5) is 39.8. The SMILES string of the molecule is CCC(Oc1ccccc1/C=C1\SC(=Nc2ccc(C(=O)O)cc2)NC1=O)C(C)=O. The molecule has 1 amide bonds. The summed E-state index contributed by atoms with van der Waals surface area (Å²) in [6.07, 6.45) is 1.70. The number of carboxylic acids is 1. The highest BCUT2D eigenvalue weighted by Gasteiger charge is 2.24. The molecule has 1 fully saturated rings. The Bertz CT molecular complexity index is 1040. The van der Waals surface area contributed by atoms with Gasteiger partial charge in [-0.3, -0.25) is 9.59 Å². The molecule has 1 unspecified atom stereocenters. The molecule has 3 rings (SSSR count). The van der Waals surface area contributed by atoms with Crippen LogP contribution in [0.5, 0.6) is 5.75 Å². The number of aliphatic imine (C=N–C) groups is 1. The van der Waals surface area contributed by atoms with E-state index < -0.39 is 12.1 Å². The molecule has 2 aromatic rings. The molecule has 0 aliphatic carbocycles. The number of benzene rings is 2. The third-order valence-electron chi connectivity index (χ3n) is 4.29. The number of amides is 1. The van der Waals surface area contributed by atoms with Crippen LogP contribution in [0.2, 0.25) is 0 Å². The van der Waals surface area contributed by atoms with Gasteiger partial charge < -0.3 is 15.2 Å². The number of para-hydroxylation sites is 1. The second-order valence-electron chi connectivity index (χ2n) is 6.50. The van der Waals surface area contributed by atoms with Crippen LogP contribution in [0.4, 0.5) is 5.69 Å². The van der Waals surface area contributed by atoms with E-state index >= 15 is 0 Å². The van der Waals surface area contributed by atoms with Crippen LogP contribution in [-0.4, -0.2) is 34.0 Å². The molecule has 1 saturated heterocycles. The highest BCUT2D eigenvalue weighted by molar-refractivity contribution is 8.18. The number of ketones is 1. The van der Waals surface area contributed by atoms with Gasteiger partial charge in [0, 0.05) is 5.56 Å². The molecule has 0 radical (unpaired) electrons. The number of carboxylic acid groups (broad SMARTS) is 1. The van der Waals surface area contributed by atoms with Gasteiger partial charge in [0.1, 0.15) is 5.75 Å². The minimum Gasteiger partial charge on any atom is -0.482 e. The Morgan fingerprint density at radius 3 is 2.53 bits per heavy atom. The van der Waals surface area contributed by atoms with Crippen molar-refractivity contribution < 1.29 is 24.2 Å². The minimum atomic E-state index is -1.01. The average molecular weight is 424 g/mol. The van der Waals surface area contributed by atoms with E-state index in [1.165, 1.54) is 30.8 Å². The zero-order chi connectivity index (χ0) is 21.7. The van der Waals surface area contributed by atoms with E-state index in [4.69, 9.17) is 9.84 Å². The first-order valence-electron chi connectivity index (χ1n) is 9.26. The number of amidine groups is 1. The molecule has 1 atom stereocenters. The molecular formula is C22H20N2O5S. The van der Waals surface area contributed by atoms with Crippen LogP contribution in [0, 0.1) is 0 Å². The number of carbonyl (C=O) groups is 3. The fourth-order valence-corrected chi connectivity index (χ4v) is 3.56. The highest BCUT2D eigenvalue weighted by atomic mass is 32.2. The molecule has 2 aromatic carbocycles. The van der Waals surface area contributed by atoms with Crippen LogP contribution in [-0.2, 0) is 9.59 Å². The minimum absolute atomic E-state index is 0.0590. The molecule has 154 valence electrons. The number of hydrogen-bond acceptors (Lipinski definition) is 6. The molecule has 1 aliphatic heterocycles. The van der Waals surface area contributed by atoms with Gasteiger partial charge in [0.2, 0.25) is 0 Å². The number of carbonyl (C=O) groups excluding carboxylic acids is 2. The zero-order valence-corrected chi connectivity index (χ0v) is 17.2. The van der Waals surface area contributed by atoms with Crippen molar-refractivity contribution in [1.29, 1.82) is 0 Å². The number of aromatic carboxylic acids is 1. The lowest BCUT2D eigenvalue weighted by Gasteiger charge is -2.16. The summed E-state index contributed by atoms with van der Waals surface area (Å²) in [5, 5.41) is 12.0. The zero-order valence-electron chi connectivity index (χ0n) is 16.4. The third-order valence-corrected chi connectivity index (χ3v) is 5.20. The molecule has 0 bridgehead atoms. The molecule has 8 heteroatoms. The van der Waals surface area contributed by atoms with Crippen molar-refractivity contribution in [2.45, 2.75) is 26.4 Å². The van der Waals surface area contributed by atoms with Crippen molar-refractivity contribution in [3.8, 4) is 5.75 Å². The Hall–Kier alpha value is -3.39. The lowest BCUT2D eigenvalue weighted by atomic mass is 10.1. The molecule has 0 aromatic heterocycles. The summed E-state index contributed by atoms with van der Waals surface area (Å²) in [6, 6.07) is 13.2. The molecule has 0 saturated carbocycles. The average Bonchev–Trinajstić information content (AvgIpc) is 3.06. The molecule has 1 aliphatic rings. The summed E-state index contributed by atoms with van der Waals surface area (Å²) >= 11 is 1.17. The Morgan fingerprint density at radius 2 is 1.90 bits per heavy atom. The fourth-order valence-electron chi connectivity index (χ4n) is 2.73. The molecule has 30 heavy (non-hydrogen) atoms. The molecule has 2 N–H and O–H groups in total. The van der Waals surface area contributed by atoms with Gasteiger partial charge in [0.05, 0.1) is 16.2 Å². The van der Waals surface area contributed by atoms with Crippen molar-refractivity contribution in [2.75, 3.05) is 0 Å². The summed E-state index contributed by atoms with van der Waals surface area (Å²) in [5.41, 5.74) is 1.37. The van der Waals surface area contributed by atoms with Gasteiger partial charge >= 0.3 is 5.97 Å². The van der Waals surface area contributed by atoms with E-state index in [1.807, 2.05) is 19.1 Å². The van der Waals surface area contributed by atoms with Gasteiger partial charge in [-0.2, -0.15) is 0 Å². The first-order chi connectivity index (χ1) is 14.4. The Morgan fingerprint density at radius 1 is 1.20 bits per heavy atom. The summed E-state index contributed by atoms with van der Waals surface area (Å²) < 4.78 is 5.84. The molecular weight excluding hydrogens is 404 g/mol. The van der Waals surface area contributed by atoms with Crippen molar-refractivity contribution in [3.63, 3.8) is 0 Å². The number of Topliss-reactive ketones (excluding diaryl/α,β-unsaturated/α-hetero) is 1. The van der Waals surface area contributed by atoms with E-state index in [1.54, 1.807) is 30.3 Å². The molecule has 0 spiro atoms.